The number of piperidine rings is 1. The summed E-state index contributed by atoms with van der Waals surface area (Å²) in [6.07, 6.45) is 1.33. The van der Waals surface area contributed by atoms with Crippen LogP contribution in [0.3, 0.4) is 0 Å². The summed E-state index contributed by atoms with van der Waals surface area (Å²) in [6.45, 7) is 3.45. The Balaban J connectivity index is 2.38. The maximum Gasteiger partial charge on any atom is 0.407 e. The molecule has 0 saturated carbocycles. The van der Waals surface area contributed by atoms with Crippen molar-refractivity contribution in [3.8, 4) is 0 Å². The van der Waals surface area contributed by atoms with Gasteiger partial charge in [0.2, 0.25) is 5.91 Å². The van der Waals surface area contributed by atoms with Gasteiger partial charge in [-0.3, -0.25) is 4.79 Å². The Labute approximate surface area is 101 Å². The van der Waals surface area contributed by atoms with Crippen molar-refractivity contribution in [2.24, 2.45) is 0 Å². The molecule has 0 radical (unpaired) electrons. The monoisotopic (exact) mass is 244 g/mol. The van der Waals surface area contributed by atoms with Crippen molar-refractivity contribution < 1.29 is 19.1 Å². The Morgan fingerprint density at radius 1 is 1.47 bits per heavy atom. The first-order chi connectivity index (χ1) is 8.17. The first-order valence-electron chi connectivity index (χ1n) is 5.87. The second kappa shape index (κ2) is 7.11. The van der Waals surface area contributed by atoms with Gasteiger partial charge in [-0.25, -0.2) is 4.79 Å². The third-order valence-electron chi connectivity index (χ3n) is 2.64. The van der Waals surface area contributed by atoms with Gasteiger partial charge in [0.15, 0.2) is 0 Å². The van der Waals surface area contributed by atoms with E-state index in [4.69, 9.17) is 9.47 Å². The number of carbonyl (C=O) groups is 2. The Morgan fingerprint density at radius 3 is 2.88 bits per heavy atom. The second-order valence-electron chi connectivity index (χ2n) is 3.98. The predicted molar refractivity (Wildman–Crippen MR) is 61.6 cm³/mol. The molecule has 6 nitrogen and oxygen atoms in total. The molecule has 1 unspecified atom stereocenters. The largest absolute Gasteiger partial charge is 0.450 e. The van der Waals surface area contributed by atoms with Gasteiger partial charge in [0.05, 0.1) is 6.61 Å². The molecule has 1 saturated heterocycles. The van der Waals surface area contributed by atoms with Gasteiger partial charge in [0.25, 0.3) is 0 Å². The standard InChI is InChI=1S/C11H20N2O4/c1-3-17-11(15)12-9-5-4-6-13(7-9)10(14)8-16-2/h9H,3-8H2,1-2H3,(H,12,15). The molecule has 0 aromatic rings. The topological polar surface area (TPSA) is 67.9 Å². The molecule has 1 aliphatic heterocycles. The summed E-state index contributed by atoms with van der Waals surface area (Å²) >= 11 is 0. The fraction of sp³-hybridized carbons (Fsp3) is 0.818. The van der Waals surface area contributed by atoms with Crippen molar-refractivity contribution in [1.29, 1.82) is 0 Å². The molecule has 1 rings (SSSR count). The van der Waals surface area contributed by atoms with Crippen LogP contribution in [0.15, 0.2) is 0 Å². The number of nitrogens with zero attached hydrogens (tertiary/aromatic N) is 1. The van der Waals surface area contributed by atoms with Gasteiger partial charge in [-0.1, -0.05) is 0 Å². The van der Waals surface area contributed by atoms with Gasteiger partial charge in [0.1, 0.15) is 6.61 Å². The molecule has 1 fully saturated rings. The summed E-state index contributed by atoms with van der Waals surface area (Å²) < 4.78 is 9.62. The highest BCUT2D eigenvalue weighted by molar-refractivity contribution is 5.77. The van der Waals surface area contributed by atoms with Crippen molar-refractivity contribution in [1.82, 2.24) is 10.2 Å². The van der Waals surface area contributed by atoms with Crippen LogP contribution >= 0.6 is 0 Å². The maximum atomic E-state index is 11.6. The number of carbonyl (C=O) groups excluding carboxylic acids is 2. The molecule has 1 N–H and O–H groups in total. The lowest BCUT2D eigenvalue weighted by molar-refractivity contribution is -0.136. The molecule has 6 heteroatoms. The SMILES string of the molecule is CCOC(=O)NC1CCCN(C(=O)COC)C1. The molecule has 1 heterocycles. The Hall–Kier alpha value is -1.30. The van der Waals surface area contributed by atoms with E-state index in [0.717, 1.165) is 19.4 Å². The fourth-order valence-electron chi connectivity index (χ4n) is 1.88. The number of methoxy groups -OCH3 is 1. The summed E-state index contributed by atoms with van der Waals surface area (Å²) in [4.78, 5) is 24.6. The van der Waals surface area contributed by atoms with Crippen molar-refractivity contribution in [2.75, 3.05) is 33.4 Å². The van der Waals surface area contributed by atoms with Crippen LogP contribution in [-0.2, 0) is 14.3 Å². The van der Waals surface area contributed by atoms with Crippen LogP contribution < -0.4 is 5.32 Å². The highest BCUT2D eigenvalue weighted by atomic mass is 16.5. The van der Waals surface area contributed by atoms with Crippen molar-refractivity contribution >= 4 is 12.0 Å². The normalized spacial score (nSPS) is 19.9. The Morgan fingerprint density at radius 2 is 2.24 bits per heavy atom. The lowest BCUT2D eigenvalue weighted by Crippen LogP contribution is -2.50. The summed E-state index contributed by atoms with van der Waals surface area (Å²) in [5.74, 6) is -0.0390. The van der Waals surface area contributed by atoms with E-state index in [-0.39, 0.29) is 18.6 Å². The lowest BCUT2D eigenvalue weighted by Gasteiger charge is -2.32. The van der Waals surface area contributed by atoms with Crippen LogP contribution in [0.2, 0.25) is 0 Å². The molecule has 17 heavy (non-hydrogen) atoms. The second-order valence-corrected chi connectivity index (χ2v) is 3.98. The van der Waals surface area contributed by atoms with Gasteiger partial charge in [-0.15, -0.1) is 0 Å². The molecular formula is C11H20N2O4. The van der Waals surface area contributed by atoms with E-state index in [1.165, 1.54) is 7.11 Å². The average Bonchev–Trinajstić information content (AvgIpc) is 2.30. The Bertz CT molecular complexity index is 270. The third-order valence-corrected chi connectivity index (χ3v) is 2.64. The van der Waals surface area contributed by atoms with Crippen molar-refractivity contribution in [2.45, 2.75) is 25.8 Å². The lowest BCUT2D eigenvalue weighted by atomic mass is 10.1. The minimum atomic E-state index is -0.418. The van der Waals surface area contributed by atoms with E-state index >= 15 is 0 Å². The predicted octanol–water partition coefficient (Wildman–Crippen LogP) is 0.370. The van der Waals surface area contributed by atoms with E-state index < -0.39 is 6.09 Å². The molecule has 0 aromatic carbocycles. The van der Waals surface area contributed by atoms with Crippen LogP contribution in [-0.4, -0.2) is 56.4 Å². The van der Waals surface area contributed by atoms with E-state index in [9.17, 15) is 9.59 Å². The smallest absolute Gasteiger partial charge is 0.407 e. The number of amides is 2. The number of hydrogen-bond donors (Lipinski definition) is 1. The van der Waals surface area contributed by atoms with Gasteiger partial charge in [-0.2, -0.15) is 0 Å². The number of rotatable bonds is 4. The van der Waals surface area contributed by atoms with Crippen LogP contribution in [0.4, 0.5) is 4.79 Å². The molecule has 0 bridgehead atoms. The summed E-state index contributed by atoms with van der Waals surface area (Å²) in [5, 5.41) is 2.75. The van der Waals surface area contributed by atoms with E-state index in [1.54, 1.807) is 11.8 Å². The van der Waals surface area contributed by atoms with Crippen LogP contribution in [0, 0.1) is 0 Å². The van der Waals surface area contributed by atoms with Crippen molar-refractivity contribution in [3.63, 3.8) is 0 Å². The quantitative estimate of drug-likeness (QED) is 0.776. The first-order valence-corrected chi connectivity index (χ1v) is 5.87. The molecular weight excluding hydrogens is 224 g/mol. The van der Waals surface area contributed by atoms with Crippen LogP contribution in [0.5, 0.6) is 0 Å². The van der Waals surface area contributed by atoms with Crippen LogP contribution in [0.1, 0.15) is 19.8 Å². The van der Waals surface area contributed by atoms with E-state index in [2.05, 4.69) is 5.32 Å². The van der Waals surface area contributed by atoms with E-state index in [1.807, 2.05) is 0 Å². The van der Waals surface area contributed by atoms with E-state index in [0.29, 0.717) is 13.2 Å². The molecule has 98 valence electrons. The zero-order valence-corrected chi connectivity index (χ0v) is 10.4. The maximum absolute atomic E-state index is 11.6. The molecule has 2 amide bonds. The highest BCUT2D eigenvalue weighted by Gasteiger charge is 2.24. The third kappa shape index (κ3) is 4.60. The zero-order valence-electron chi connectivity index (χ0n) is 10.4. The number of ether oxygens (including phenoxy) is 2. The number of alkyl carbamates (subject to hydrolysis) is 1. The highest BCUT2D eigenvalue weighted by Crippen LogP contribution is 2.10. The van der Waals surface area contributed by atoms with Crippen molar-refractivity contribution in [3.05, 3.63) is 0 Å². The number of nitrogens with one attached hydrogen (secondary N) is 1. The van der Waals surface area contributed by atoms with Gasteiger partial charge < -0.3 is 19.7 Å². The van der Waals surface area contributed by atoms with Gasteiger partial charge >= 0.3 is 6.09 Å². The molecule has 1 aliphatic rings. The molecule has 0 spiro atoms. The zero-order chi connectivity index (χ0) is 12.7. The number of hydrogen-bond acceptors (Lipinski definition) is 4. The van der Waals surface area contributed by atoms with Crippen LogP contribution in [0.25, 0.3) is 0 Å². The van der Waals surface area contributed by atoms with Gasteiger partial charge in [-0.05, 0) is 19.8 Å². The first kappa shape index (κ1) is 13.8. The molecule has 0 aliphatic carbocycles. The summed E-state index contributed by atoms with van der Waals surface area (Å²) in [6, 6.07) is -0.0244. The minimum absolute atomic E-state index is 0.0244. The van der Waals surface area contributed by atoms with Gasteiger partial charge in [0, 0.05) is 26.2 Å². The minimum Gasteiger partial charge on any atom is -0.450 e. The molecule has 1 atom stereocenters. The fourth-order valence-corrected chi connectivity index (χ4v) is 1.88. The summed E-state index contributed by atoms with van der Waals surface area (Å²) in [7, 11) is 1.50. The Kier molecular flexibility index (Phi) is 5.76. The molecule has 0 aromatic heterocycles. The average molecular weight is 244 g/mol. The number of likely N-dealkylation sites (tertiary alicyclic amines) is 1. The summed E-state index contributed by atoms with van der Waals surface area (Å²) in [5.41, 5.74) is 0.